The number of amides is 1. The monoisotopic (exact) mass is 398 g/mol. The average molecular weight is 399 g/mol. The summed E-state index contributed by atoms with van der Waals surface area (Å²) in [7, 11) is 0. The molecule has 0 radical (unpaired) electrons. The van der Waals surface area contributed by atoms with Crippen LogP contribution >= 0.6 is 11.3 Å². The molecule has 0 saturated carbocycles. The van der Waals surface area contributed by atoms with Crippen molar-refractivity contribution in [2.24, 2.45) is 0 Å². The number of aromatic nitrogens is 1. The Kier molecular flexibility index (Phi) is 6.27. The lowest BCUT2D eigenvalue weighted by atomic mass is 10.1. The third kappa shape index (κ3) is 4.73. The number of carbonyl (C=O) groups is 1. The molecular formula is C22H30N4OS. The first-order valence-electron chi connectivity index (χ1n) is 10.5. The van der Waals surface area contributed by atoms with Crippen molar-refractivity contribution in [2.75, 3.05) is 36.4 Å². The van der Waals surface area contributed by atoms with Gasteiger partial charge in [-0.2, -0.15) is 0 Å². The van der Waals surface area contributed by atoms with Gasteiger partial charge in [0.25, 0.3) is 5.91 Å². The number of piperidine rings is 2. The Balaban J connectivity index is 1.37. The van der Waals surface area contributed by atoms with Crippen molar-refractivity contribution in [1.29, 1.82) is 0 Å². The van der Waals surface area contributed by atoms with Crippen molar-refractivity contribution in [2.45, 2.75) is 52.0 Å². The van der Waals surface area contributed by atoms with Crippen molar-refractivity contribution < 1.29 is 4.79 Å². The molecule has 5 nitrogen and oxygen atoms in total. The molecule has 0 unspecified atom stereocenters. The van der Waals surface area contributed by atoms with E-state index in [-0.39, 0.29) is 5.91 Å². The molecule has 1 aromatic carbocycles. The third-order valence-corrected chi connectivity index (χ3v) is 6.84. The summed E-state index contributed by atoms with van der Waals surface area (Å²) in [5.41, 5.74) is 2.92. The summed E-state index contributed by atoms with van der Waals surface area (Å²) in [6.45, 7) is 7.35. The molecule has 2 saturated heterocycles. The number of anilines is 2. The number of nitrogens with one attached hydrogen (secondary N) is 1. The van der Waals surface area contributed by atoms with Crippen molar-refractivity contribution >= 4 is 28.6 Å². The van der Waals surface area contributed by atoms with Crippen LogP contribution in [0.25, 0.3) is 0 Å². The van der Waals surface area contributed by atoms with Gasteiger partial charge in [0.15, 0.2) is 0 Å². The highest BCUT2D eigenvalue weighted by Gasteiger charge is 2.18. The van der Waals surface area contributed by atoms with Crippen LogP contribution in [0.5, 0.6) is 0 Å². The molecule has 3 heterocycles. The molecule has 150 valence electrons. The van der Waals surface area contributed by atoms with Crippen LogP contribution in [0.4, 0.5) is 11.4 Å². The lowest BCUT2D eigenvalue weighted by molar-refractivity contribution is 0.103. The molecule has 0 aliphatic carbocycles. The minimum Gasteiger partial charge on any atom is -0.372 e. The fourth-order valence-corrected chi connectivity index (χ4v) is 5.14. The van der Waals surface area contributed by atoms with E-state index in [0.29, 0.717) is 0 Å². The van der Waals surface area contributed by atoms with Crippen molar-refractivity contribution in [3.05, 3.63) is 39.8 Å². The highest BCUT2D eigenvalue weighted by atomic mass is 32.1. The van der Waals surface area contributed by atoms with E-state index in [2.05, 4.69) is 32.2 Å². The van der Waals surface area contributed by atoms with E-state index in [0.717, 1.165) is 54.0 Å². The summed E-state index contributed by atoms with van der Waals surface area (Å²) in [5, 5.41) is 4.09. The quantitative estimate of drug-likeness (QED) is 0.794. The summed E-state index contributed by atoms with van der Waals surface area (Å²) in [6.07, 6.45) is 7.73. The highest BCUT2D eigenvalue weighted by molar-refractivity contribution is 7.13. The first-order chi connectivity index (χ1) is 13.7. The van der Waals surface area contributed by atoms with Gasteiger partial charge >= 0.3 is 0 Å². The highest BCUT2D eigenvalue weighted by Crippen LogP contribution is 2.24. The van der Waals surface area contributed by atoms with Gasteiger partial charge in [0.05, 0.1) is 12.2 Å². The van der Waals surface area contributed by atoms with Crippen molar-refractivity contribution in [3.8, 4) is 0 Å². The van der Waals surface area contributed by atoms with Gasteiger partial charge in [-0.1, -0.05) is 6.42 Å². The van der Waals surface area contributed by atoms with Gasteiger partial charge in [0, 0.05) is 24.5 Å². The van der Waals surface area contributed by atoms with Crippen LogP contribution in [-0.4, -0.2) is 42.0 Å². The Labute approximate surface area is 171 Å². The Morgan fingerprint density at radius 2 is 1.64 bits per heavy atom. The van der Waals surface area contributed by atoms with E-state index in [4.69, 9.17) is 0 Å². The number of carbonyl (C=O) groups excluding carboxylic acids is 1. The second-order valence-electron chi connectivity index (χ2n) is 7.91. The van der Waals surface area contributed by atoms with Gasteiger partial charge in [-0.3, -0.25) is 9.69 Å². The van der Waals surface area contributed by atoms with Crippen LogP contribution in [0.15, 0.2) is 24.3 Å². The predicted molar refractivity (Wildman–Crippen MR) is 116 cm³/mol. The maximum atomic E-state index is 12.8. The Morgan fingerprint density at radius 1 is 1.00 bits per heavy atom. The Hall–Kier alpha value is -1.92. The smallest absolute Gasteiger partial charge is 0.267 e. The number of nitrogens with zero attached hydrogens (tertiary/aromatic N) is 3. The largest absolute Gasteiger partial charge is 0.372 e. The number of benzene rings is 1. The van der Waals surface area contributed by atoms with E-state index < -0.39 is 0 Å². The van der Waals surface area contributed by atoms with E-state index >= 15 is 0 Å². The van der Waals surface area contributed by atoms with Gasteiger partial charge in [-0.25, -0.2) is 4.98 Å². The minimum atomic E-state index is -0.0504. The molecule has 2 aliphatic rings. The average Bonchev–Trinajstić information content (AvgIpc) is 3.10. The van der Waals surface area contributed by atoms with E-state index in [1.165, 1.54) is 55.5 Å². The molecule has 6 heteroatoms. The lowest BCUT2D eigenvalue weighted by Crippen LogP contribution is -2.29. The van der Waals surface area contributed by atoms with Crippen LogP contribution in [0.1, 0.15) is 58.9 Å². The standard InChI is InChI=1S/C22H30N4OS/c1-17-21(28-20(23-17)16-25-12-4-2-5-13-25)22(27)24-18-8-10-19(11-9-18)26-14-6-3-7-15-26/h8-11H,2-7,12-16H2,1H3,(H,24,27). The SMILES string of the molecule is Cc1nc(CN2CCCCC2)sc1C(=O)Nc1ccc(N2CCCCC2)cc1. The topological polar surface area (TPSA) is 48.5 Å². The fourth-order valence-electron chi connectivity index (χ4n) is 4.13. The van der Waals surface area contributed by atoms with Crippen LogP contribution in [-0.2, 0) is 6.54 Å². The van der Waals surface area contributed by atoms with Crippen LogP contribution in [0.3, 0.4) is 0 Å². The second kappa shape index (κ2) is 9.05. The van der Waals surface area contributed by atoms with Gasteiger partial charge in [-0.05, 0) is 76.4 Å². The third-order valence-electron chi connectivity index (χ3n) is 5.70. The number of hydrogen-bond acceptors (Lipinski definition) is 5. The van der Waals surface area contributed by atoms with Gasteiger partial charge < -0.3 is 10.2 Å². The maximum absolute atomic E-state index is 12.8. The van der Waals surface area contributed by atoms with Crippen molar-refractivity contribution in [3.63, 3.8) is 0 Å². The van der Waals surface area contributed by atoms with Crippen LogP contribution < -0.4 is 10.2 Å². The van der Waals surface area contributed by atoms with E-state index in [1.807, 2.05) is 19.1 Å². The van der Waals surface area contributed by atoms with Crippen molar-refractivity contribution in [1.82, 2.24) is 9.88 Å². The Bertz CT molecular complexity index is 789. The molecule has 0 atom stereocenters. The second-order valence-corrected chi connectivity index (χ2v) is 8.99. The molecule has 2 aliphatic heterocycles. The molecule has 1 N–H and O–H groups in total. The van der Waals surface area contributed by atoms with E-state index in [9.17, 15) is 4.79 Å². The first kappa shape index (κ1) is 19.4. The molecule has 4 rings (SSSR count). The summed E-state index contributed by atoms with van der Waals surface area (Å²) >= 11 is 1.53. The summed E-state index contributed by atoms with van der Waals surface area (Å²) < 4.78 is 0. The van der Waals surface area contributed by atoms with Gasteiger partial charge in [-0.15, -0.1) is 11.3 Å². The number of likely N-dealkylation sites (tertiary alicyclic amines) is 1. The molecule has 1 aromatic heterocycles. The molecule has 2 aromatic rings. The first-order valence-corrected chi connectivity index (χ1v) is 11.4. The zero-order valence-electron chi connectivity index (χ0n) is 16.7. The van der Waals surface area contributed by atoms with E-state index in [1.54, 1.807) is 0 Å². The zero-order valence-corrected chi connectivity index (χ0v) is 17.6. The summed E-state index contributed by atoms with van der Waals surface area (Å²) in [6, 6.07) is 8.24. The normalized spacial score (nSPS) is 18.2. The number of aryl methyl sites for hydroxylation is 1. The summed E-state index contributed by atoms with van der Waals surface area (Å²) in [4.78, 5) is 23.0. The van der Waals surface area contributed by atoms with Crippen LogP contribution in [0, 0.1) is 6.92 Å². The molecule has 0 spiro atoms. The minimum absolute atomic E-state index is 0.0504. The maximum Gasteiger partial charge on any atom is 0.267 e. The van der Waals surface area contributed by atoms with Gasteiger partial charge in [0.1, 0.15) is 9.88 Å². The Morgan fingerprint density at radius 3 is 2.32 bits per heavy atom. The summed E-state index contributed by atoms with van der Waals surface area (Å²) in [5.74, 6) is -0.0504. The molecule has 2 fully saturated rings. The predicted octanol–water partition coefficient (Wildman–Crippen LogP) is 4.68. The lowest BCUT2D eigenvalue weighted by Gasteiger charge is -2.28. The number of rotatable bonds is 5. The number of hydrogen-bond donors (Lipinski definition) is 1. The number of thiazole rings is 1. The fraction of sp³-hybridized carbons (Fsp3) is 0.545. The molecule has 28 heavy (non-hydrogen) atoms. The molecule has 1 amide bonds. The molecular weight excluding hydrogens is 368 g/mol. The van der Waals surface area contributed by atoms with Gasteiger partial charge in [0.2, 0.25) is 0 Å². The molecule has 0 bridgehead atoms. The zero-order chi connectivity index (χ0) is 19.3. The van der Waals surface area contributed by atoms with Crippen LogP contribution in [0.2, 0.25) is 0 Å².